The van der Waals surface area contributed by atoms with Gasteiger partial charge in [0.25, 0.3) is 0 Å². The first-order chi connectivity index (χ1) is 9.25. The highest BCUT2D eigenvalue weighted by molar-refractivity contribution is 7.80. The molecule has 0 aliphatic rings. The normalized spacial score (nSPS) is 9.95. The smallest absolute Gasteiger partial charge is 0.173 e. The van der Waals surface area contributed by atoms with E-state index in [4.69, 9.17) is 12.2 Å². The number of para-hydroxylation sites is 1. The highest BCUT2D eigenvalue weighted by Gasteiger charge is 2.04. The fraction of sp³-hybridized carbons (Fsp3) is 0.188. The molecule has 0 unspecified atom stereocenters. The zero-order chi connectivity index (χ0) is 13.5. The van der Waals surface area contributed by atoms with Gasteiger partial charge in [0.1, 0.15) is 0 Å². The topological polar surface area (TPSA) is 15.3 Å². The highest BCUT2D eigenvalue weighted by atomic mass is 32.1. The zero-order valence-corrected chi connectivity index (χ0v) is 11.9. The van der Waals surface area contributed by atoms with E-state index in [9.17, 15) is 0 Å². The van der Waals surface area contributed by atoms with Crippen LogP contribution < -0.4 is 5.32 Å². The predicted octanol–water partition coefficient (Wildman–Crippen LogP) is 3.56. The number of benzene rings is 2. The van der Waals surface area contributed by atoms with Crippen LogP contribution in [0.4, 0.5) is 5.69 Å². The van der Waals surface area contributed by atoms with Gasteiger partial charge in [-0.15, -0.1) is 0 Å². The van der Waals surface area contributed by atoms with Crippen molar-refractivity contribution in [2.75, 3.05) is 18.9 Å². The van der Waals surface area contributed by atoms with Crippen molar-refractivity contribution in [3.63, 3.8) is 0 Å². The lowest BCUT2D eigenvalue weighted by Crippen LogP contribution is -2.32. The molecule has 0 aromatic heterocycles. The Balaban J connectivity index is 1.83. The van der Waals surface area contributed by atoms with Gasteiger partial charge in [-0.05, 0) is 36.3 Å². The third kappa shape index (κ3) is 4.38. The van der Waals surface area contributed by atoms with Crippen LogP contribution in [0.15, 0.2) is 60.7 Å². The molecule has 1 N–H and O–H groups in total. The average molecular weight is 270 g/mol. The summed E-state index contributed by atoms with van der Waals surface area (Å²) in [7, 11) is 2.02. The summed E-state index contributed by atoms with van der Waals surface area (Å²) in [5, 5.41) is 3.99. The van der Waals surface area contributed by atoms with Crippen LogP contribution in [-0.2, 0) is 6.42 Å². The molecule has 2 nitrogen and oxygen atoms in total. The Morgan fingerprint density at radius 2 is 1.58 bits per heavy atom. The van der Waals surface area contributed by atoms with E-state index in [0.717, 1.165) is 23.8 Å². The summed E-state index contributed by atoms with van der Waals surface area (Å²) in [5.74, 6) is 0. The van der Waals surface area contributed by atoms with Crippen molar-refractivity contribution < 1.29 is 0 Å². The molecule has 0 fully saturated rings. The summed E-state index contributed by atoms with van der Waals surface area (Å²) < 4.78 is 0. The van der Waals surface area contributed by atoms with E-state index in [1.54, 1.807) is 0 Å². The molecule has 2 rings (SSSR count). The lowest BCUT2D eigenvalue weighted by atomic mass is 10.1. The summed E-state index contributed by atoms with van der Waals surface area (Å²) in [6.45, 7) is 0.905. The molecule has 2 aromatic carbocycles. The number of thiocarbonyl (C=S) groups is 1. The Morgan fingerprint density at radius 3 is 2.21 bits per heavy atom. The number of likely N-dealkylation sites (N-methyl/N-ethyl adjacent to an activating group) is 1. The fourth-order valence-electron chi connectivity index (χ4n) is 1.78. The van der Waals surface area contributed by atoms with Gasteiger partial charge >= 0.3 is 0 Å². The van der Waals surface area contributed by atoms with Gasteiger partial charge in [-0.3, -0.25) is 0 Å². The number of nitrogens with zero attached hydrogens (tertiary/aromatic N) is 1. The summed E-state index contributed by atoms with van der Waals surface area (Å²) in [6.07, 6.45) is 0.994. The van der Waals surface area contributed by atoms with Crippen LogP contribution in [0.3, 0.4) is 0 Å². The van der Waals surface area contributed by atoms with Crippen LogP contribution in [0.25, 0.3) is 0 Å². The maximum Gasteiger partial charge on any atom is 0.173 e. The standard InChI is InChI=1S/C16H18N2S/c1-18(13-12-14-8-4-2-5-9-14)16(19)17-15-10-6-3-7-11-15/h2-11H,12-13H2,1H3,(H,17,19). The van der Waals surface area contributed by atoms with Crippen molar-refractivity contribution in [2.24, 2.45) is 0 Å². The quantitative estimate of drug-likeness (QED) is 0.855. The van der Waals surface area contributed by atoms with Crippen molar-refractivity contribution in [1.82, 2.24) is 4.90 Å². The first-order valence-electron chi connectivity index (χ1n) is 6.37. The van der Waals surface area contributed by atoms with Gasteiger partial charge < -0.3 is 10.2 Å². The molecule has 0 aliphatic heterocycles. The third-order valence-electron chi connectivity index (χ3n) is 2.95. The molecule has 0 atom stereocenters. The van der Waals surface area contributed by atoms with E-state index in [1.165, 1.54) is 5.56 Å². The van der Waals surface area contributed by atoms with Crippen LogP contribution in [0.1, 0.15) is 5.56 Å². The number of nitrogens with one attached hydrogen (secondary N) is 1. The first-order valence-corrected chi connectivity index (χ1v) is 6.77. The van der Waals surface area contributed by atoms with Crippen molar-refractivity contribution in [3.8, 4) is 0 Å². The summed E-state index contributed by atoms with van der Waals surface area (Å²) in [5.41, 5.74) is 2.36. The largest absolute Gasteiger partial charge is 0.352 e. The minimum Gasteiger partial charge on any atom is -0.352 e. The second-order valence-corrected chi connectivity index (χ2v) is 4.84. The molecular formula is C16H18N2S. The fourth-order valence-corrected chi connectivity index (χ4v) is 1.99. The van der Waals surface area contributed by atoms with Crippen molar-refractivity contribution >= 4 is 23.0 Å². The van der Waals surface area contributed by atoms with E-state index in [-0.39, 0.29) is 0 Å². The molecule has 0 aliphatic carbocycles. The molecule has 98 valence electrons. The van der Waals surface area contributed by atoms with Gasteiger partial charge in [-0.1, -0.05) is 48.5 Å². The van der Waals surface area contributed by atoms with Gasteiger partial charge in [0.15, 0.2) is 5.11 Å². The monoisotopic (exact) mass is 270 g/mol. The summed E-state index contributed by atoms with van der Waals surface area (Å²) in [6, 6.07) is 20.5. The van der Waals surface area contributed by atoms with Crippen LogP contribution in [-0.4, -0.2) is 23.6 Å². The Hall–Kier alpha value is -1.87. The molecule has 0 amide bonds. The Kier molecular flexibility index (Phi) is 4.93. The maximum atomic E-state index is 5.39. The van der Waals surface area contributed by atoms with E-state index in [0.29, 0.717) is 0 Å². The Labute approximate surface area is 120 Å². The van der Waals surface area contributed by atoms with E-state index >= 15 is 0 Å². The molecular weight excluding hydrogens is 252 g/mol. The summed E-state index contributed by atoms with van der Waals surface area (Å²) in [4.78, 5) is 2.06. The molecule has 19 heavy (non-hydrogen) atoms. The lowest BCUT2D eigenvalue weighted by molar-refractivity contribution is 0.516. The molecule has 0 bridgehead atoms. The molecule has 0 radical (unpaired) electrons. The number of hydrogen-bond donors (Lipinski definition) is 1. The molecule has 2 aromatic rings. The van der Waals surface area contributed by atoms with Crippen LogP contribution >= 0.6 is 12.2 Å². The molecule has 0 heterocycles. The molecule has 3 heteroatoms. The summed E-state index contributed by atoms with van der Waals surface area (Å²) >= 11 is 5.39. The van der Waals surface area contributed by atoms with Gasteiger partial charge in [0, 0.05) is 19.3 Å². The minimum atomic E-state index is 0.752. The second kappa shape index (κ2) is 6.90. The van der Waals surface area contributed by atoms with Gasteiger partial charge in [0.05, 0.1) is 0 Å². The van der Waals surface area contributed by atoms with E-state index < -0.39 is 0 Å². The van der Waals surface area contributed by atoms with E-state index in [2.05, 4.69) is 34.5 Å². The van der Waals surface area contributed by atoms with Crippen LogP contribution in [0, 0.1) is 0 Å². The minimum absolute atomic E-state index is 0.752. The third-order valence-corrected chi connectivity index (χ3v) is 3.36. The predicted molar refractivity (Wildman–Crippen MR) is 85.4 cm³/mol. The second-order valence-electron chi connectivity index (χ2n) is 4.45. The molecule has 0 spiro atoms. The maximum absolute atomic E-state index is 5.39. The molecule has 0 saturated heterocycles. The SMILES string of the molecule is CN(CCc1ccccc1)C(=S)Nc1ccccc1. The van der Waals surface area contributed by atoms with Crippen molar-refractivity contribution in [3.05, 3.63) is 66.2 Å². The van der Waals surface area contributed by atoms with Crippen LogP contribution in [0.2, 0.25) is 0 Å². The highest BCUT2D eigenvalue weighted by Crippen LogP contribution is 2.07. The van der Waals surface area contributed by atoms with Gasteiger partial charge in [-0.25, -0.2) is 0 Å². The average Bonchev–Trinajstić information content (AvgIpc) is 2.47. The van der Waals surface area contributed by atoms with Crippen LogP contribution in [0.5, 0.6) is 0 Å². The lowest BCUT2D eigenvalue weighted by Gasteiger charge is -2.21. The van der Waals surface area contributed by atoms with Crippen molar-refractivity contribution in [2.45, 2.75) is 6.42 Å². The Morgan fingerprint density at radius 1 is 1.00 bits per heavy atom. The van der Waals surface area contributed by atoms with Crippen molar-refractivity contribution in [1.29, 1.82) is 0 Å². The van der Waals surface area contributed by atoms with E-state index in [1.807, 2.05) is 43.4 Å². The van der Waals surface area contributed by atoms with Gasteiger partial charge in [0.2, 0.25) is 0 Å². The number of anilines is 1. The zero-order valence-electron chi connectivity index (χ0n) is 11.0. The Bertz CT molecular complexity index is 511. The van der Waals surface area contributed by atoms with Gasteiger partial charge in [-0.2, -0.15) is 0 Å². The first kappa shape index (κ1) is 13.6. The number of hydrogen-bond acceptors (Lipinski definition) is 1. The molecule has 0 saturated carbocycles. The number of rotatable bonds is 4.